The van der Waals surface area contributed by atoms with Crippen molar-refractivity contribution >= 4 is 22.6 Å². The lowest BCUT2D eigenvalue weighted by atomic mass is 9.99. The fourth-order valence-electron chi connectivity index (χ4n) is 1.48. The van der Waals surface area contributed by atoms with E-state index in [9.17, 15) is 4.39 Å². The Labute approximate surface area is 99.0 Å². The number of benzene rings is 1. The number of rotatable bonds is 5. The minimum atomic E-state index is -0.696. The summed E-state index contributed by atoms with van der Waals surface area (Å²) in [6.45, 7) is 2.12. The van der Waals surface area contributed by atoms with Crippen LogP contribution in [0.4, 0.5) is 4.39 Å². The molecule has 0 aliphatic rings. The molecule has 2 unspecified atom stereocenters. The average Bonchev–Trinajstić information content (AvgIpc) is 2.15. The van der Waals surface area contributed by atoms with Crippen LogP contribution in [0.3, 0.4) is 0 Å². The first-order chi connectivity index (χ1) is 6.68. The number of hydrogen-bond acceptors (Lipinski definition) is 0. The normalized spacial score (nSPS) is 15.1. The molecule has 0 fully saturated rings. The van der Waals surface area contributed by atoms with Crippen LogP contribution in [0.25, 0.3) is 0 Å². The summed E-state index contributed by atoms with van der Waals surface area (Å²) in [5, 5.41) is 0. The predicted molar refractivity (Wildman–Crippen MR) is 67.5 cm³/mol. The standard InChI is InChI=1S/C12H16FI/c1-10(9-12(13)14)7-8-11-5-3-2-4-6-11/h2-6,10,12H,7-9H2,1H3. The van der Waals surface area contributed by atoms with Gasteiger partial charge in [-0.3, -0.25) is 0 Å². The largest absolute Gasteiger partial charge is 0.236 e. The van der Waals surface area contributed by atoms with Crippen LogP contribution in [0.15, 0.2) is 30.3 Å². The molecule has 1 rings (SSSR count). The lowest BCUT2D eigenvalue weighted by Crippen LogP contribution is -2.02. The Bertz CT molecular complexity index is 246. The molecular formula is C12H16FI. The molecule has 1 aromatic rings. The van der Waals surface area contributed by atoms with Crippen molar-refractivity contribution in [3.63, 3.8) is 0 Å². The van der Waals surface area contributed by atoms with E-state index in [2.05, 4.69) is 31.2 Å². The predicted octanol–water partition coefficient (Wildman–Crippen LogP) is 4.38. The second-order valence-corrected chi connectivity index (χ2v) is 5.11. The molecule has 0 aliphatic carbocycles. The molecule has 78 valence electrons. The van der Waals surface area contributed by atoms with Crippen molar-refractivity contribution in [2.24, 2.45) is 5.92 Å². The molecule has 14 heavy (non-hydrogen) atoms. The summed E-state index contributed by atoms with van der Waals surface area (Å²) in [5.74, 6) is 0.474. The highest BCUT2D eigenvalue weighted by atomic mass is 127. The van der Waals surface area contributed by atoms with E-state index >= 15 is 0 Å². The molecule has 0 saturated carbocycles. The molecule has 0 radical (unpaired) electrons. The maximum atomic E-state index is 12.7. The maximum Gasteiger partial charge on any atom is 0.151 e. The Kier molecular flexibility index (Phi) is 5.45. The van der Waals surface area contributed by atoms with Crippen LogP contribution >= 0.6 is 22.6 Å². The van der Waals surface area contributed by atoms with Crippen LogP contribution in [0.2, 0.25) is 0 Å². The summed E-state index contributed by atoms with van der Waals surface area (Å²) in [6, 6.07) is 10.4. The van der Waals surface area contributed by atoms with Crippen molar-refractivity contribution in [3.05, 3.63) is 35.9 Å². The van der Waals surface area contributed by atoms with Gasteiger partial charge in [-0.2, -0.15) is 0 Å². The molecule has 1 aromatic carbocycles. The third-order valence-electron chi connectivity index (χ3n) is 2.35. The van der Waals surface area contributed by atoms with Crippen molar-refractivity contribution in [2.45, 2.75) is 30.4 Å². The smallest absolute Gasteiger partial charge is 0.151 e. The van der Waals surface area contributed by atoms with E-state index in [0.717, 1.165) is 12.8 Å². The average molecular weight is 306 g/mol. The Balaban J connectivity index is 2.27. The summed E-state index contributed by atoms with van der Waals surface area (Å²) in [4.78, 5) is 0. The van der Waals surface area contributed by atoms with Gasteiger partial charge in [0.2, 0.25) is 0 Å². The second-order valence-electron chi connectivity index (χ2n) is 3.76. The monoisotopic (exact) mass is 306 g/mol. The Morgan fingerprint density at radius 3 is 2.50 bits per heavy atom. The van der Waals surface area contributed by atoms with E-state index in [1.165, 1.54) is 5.56 Å². The van der Waals surface area contributed by atoms with Crippen LogP contribution in [-0.2, 0) is 6.42 Å². The van der Waals surface area contributed by atoms with Crippen LogP contribution in [0, 0.1) is 5.92 Å². The molecule has 0 bridgehead atoms. The van der Waals surface area contributed by atoms with Gasteiger partial charge in [0.1, 0.15) is 0 Å². The molecule has 2 heteroatoms. The van der Waals surface area contributed by atoms with Gasteiger partial charge < -0.3 is 0 Å². The van der Waals surface area contributed by atoms with Gasteiger partial charge in [0.05, 0.1) is 0 Å². The van der Waals surface area contributed by atoms with Gasteiger partial charge in [0.25, 0.3) is 0 Å². The lowest BCUT2D eigenvalue weighted by molar-refractivity contribution is 0.373. The Morgan fingerprint density at radius 1 is 1.29 bits per heavy atom. The summed E-state index contributed by atoms with van der Waals surface area (Å²) < 4.78 is 12.0. The van der Waals surface area contributed by atoms with Crippen molar-refractivity contribution < 1.29 is 4.39 Å². The first kappa shape index (κ1) is 12.0. The number of hydrogen-bond donors (Lipinski definition) is 0. The summed E-state index contributed by atoms with van der Waals surface area (Å²) >= 11 is 1.85. The van der Waals surface area contributed by atoms with Crippen molar-refractivity contribution in [2.75, 3.05) is 0 Å². The van der Waals surface area contributed by atoms with Crippen molar-refractivity contribution in [3.8, 4) is 0 Å². The van der Waals surface area contributed by atoms with Gasteiger partial charge in [-0.25, -0.2) is 4.39 Å². The number of alkyl halides is 2. The highest BCUT2D eigenvalue weighted by Crippen LogP contribution is 2.19. The molecule has 0 spiro atoms. The highest BCUT2D eigenvalue weighted by molar-refractivity contribution is 14.1. The van der Waals surface area contributed by atoms with Gasteiger partial charge in [-0.05, 0) is 53.3 Å². The third-order valence-corrected chi connectivity index (χ3v) is 2.86. The van der Waals surface area contributed by atoms with Crippen LogP contribution < -0.4 is 0 Å². The van der Waals surface area contributed by atoms with Crippen molar-refractivity contribution in [1.29, 1.82) is 0 Å². The fraction of sp³-hybridized carbons (Fsp3) is 0.500. The lowest BCUT2D eigenvalue weighted by Gasteiger charge is -2.10. The number of halogens is 2. The van der Waals surface area contributed by atoms with Crippen molar-refractivity contribution in [1.82, 2.24) is 0 Å². The first-order valence-corrected chi connectivity index (χ1v) is 6.25. The van der Waals surface area contributed by atoms with Gasteiger partial charge in [0, 0.05) is 0 Å². The molecule has 0 N–H and O–H groups in total. The minimum absolute atomic E-state index is 0.474. The van der Waals surface area contributed by atoms with Crippen LogP contribution in [0.5, 0.6) is 0 Å². The van der Waals surface area contributed by atoms with Gasteiger partial charge in [0.15, 0.2) is 4.18 Å². The minimum Gasteiger partial charge on any atom is -0.236 e. The zero-order chi connectivity index (χ0) is 10.4. The van der Waals surface area contributed by atoms with Crippen LogP contribution in [0.1, 0.15) is 25.3 Å². The molecular weight excluding hydrogens is 290 g/mol. The van der Waals surface area contributed by atoms with Crippen LogP contribution in [-0.4, -0.2) is 4.18 Å². The Hall–Kier alpha value is -0.120. The van der Waals surface area contributed by atoms with Gasteiger partial charge >= 0.3 is 0 Å². The second kappa shape index (κ2) is 6.38. The SMILES string of the molecule is CC(CCc1ccccc1)CC(F)I. The summed E-state index contributed by atoms with van der Waals surface area (Å²) in [5.41, 5.74) is 1.35. The fourth-order valence-corrected chi connectivity index (χ4v) is 2.35. The quantitative estimate of drug-likeness (QED) is 0.559. The molecule has 0 amide bonds. The molecule has 0 aliphatic heterocycles. The zero-order valence-electron chi connectivity index (χ0n) is 8.42. The van der Waals surface area contributed by atoms with Gasteiger partial charge in [-0.15, -0.1) is 0 Å². The maximum absolute atomic E-state index is 12.7. The van der Waals surface area contributed by atoms with Gasteiger partial charge in [-0.1, -0.05) is 37.3 Å². The van der Waals surface area contributed by atoms with E-state index in [1.54, 1.807) is 0 Å². The van der Waals surface area contributed by atoms with E-state index in [4.69, 9.17) is 0 Å². The summed E-state index contributed by atoms with van der Waals surface area (Å²) in [7, 11) is 0. The van der Waals surface area contributed by atoms with E-state index < -0.39 is 4.18 Å². The van der Waals surface area contributed by atoms with E-state index in [1.807, 2.05) is 28.7 Å². The molecule has 2 atom stereocenters. The first-order valence-electron chi connectivity index (χ1n) is 5.00. The zero-order valence-corrected chi connectivity index (χ0v) is 10.6. The van der Waals surface area contributed by atoms with E-state index in [0.29, 0.717) is 12.3 Å². The molecule has 0 aromatic heterocycles. The topological polar surface area (TPSA) is 0 Å². The Morgan fingerprint density at radius 2 is 1.93 bits per heavy atom. The number of aryl methyl sites for hydroxylation is 1. The highest BCUT2D eigenvalue weighted by Gasteiger charge is 2.08. The molecule has 0 nitrogen and oxygen atoms in total. The van der Waals surface area contributed by atoms with E-state index in [-0.39, 0.29) is 0 Å². The molecule has 0 saturated heterocycles. The summed E-state index contributed by atoms with van der Waals surface area (Å²) in [6.07, 6.45) is 2.81. The molecule has 0 heterocycles. The third kappa shape index (κ3) is 4.94.